The zero-order valence-electron chi connectivity index (χ0n) is 11.0. The van der Waals surface area contributed by atoms with Crippen molar-refractivity contribution in [3.8, 4) is 0 Å². The van der Waals surface area contributed by atoms with Crippen molar-refractivity contribution in [1.29, 1.82) is 0 Å². The van der Waals surface area contributed by atoms with Crippen LogP contribution in [0.3, 0.4) is 0 Å². The van der Waals surface area contributed by atoms with E-state index in [1.165, 1.54) is 12.3 Å². The van der Waals surface area contributed by atoms with Crippen LogP contribution in [0.2, 0.25) is 0 Å². The van der Waals surface area contributed by atoms with E-state index >= 15 is 0 Å². The summed E-state index contributed by atoms with van der Waals surface area (Å²) in [4.78, 5) is 17.3. The molecule has 2 unspecified atom stereocenters. The van der Waals surface area contributed by atoms with Gasteiger partial charge in [-0.1, -0.05) is 0 Å². The third-order valence-corrected chi connectivity index (χ3v) is 4.52. The van der Waals surface area contributed by atoms with Crippen LogP contribution in [0.5, 0.6) is 0 Å². The summed E-state index contributed by atoms with van der Waals surface area (Å²) in [6.45, 7) is 0.650. The Morgan fingerprint density at radius 3 is 2.67 bits per heavy atom. The largest absolute Gasteiger partial charge is 0.478 e. The maximum atomic E-state index is 13.2. The van der Waals surface area contributed by atoms with Gasteiger partial charge in [0.1, 0.15) is 0 Å². The van der Waals surface area contributed by atoms with Crippen LogP contribution in [0.25, 0.3) is 10.9 Å². The van der Waals surface area contributed by atoms with E-state index in [1.54, 1.807) is 12.1 Å². The number of piperidine rings is 1. The van der Waals surface area contributed by atoms with Crippen LogP contribution in [0.15, 0.2) is 30.5 Å². The number of rotatable bonds is 2. The fourth-order valence-electron chi connectivity index (χ4n) is 3.24. The molecule has 0 amide bonds. The molecule has 1 aliphatic carbocycles. The van der Waals surface area contributed by atoms with E-state index in [0.29, 0.717) is 24.0 Å². The number of alkyl halides is 2. The zero-order chi connectivity index (χ0) is 14.8. The van der Waals surface area contributed by atoms with E-state index in [9.17, 15) is 18.7 Å². The van der Waals surface area contributed by atoms with Gasteiger partial charge in [-0.25, -0.2) is 13.6 Å². The van der Waals surface area contributed by atoms with Gasteiger partial charge in [-0.15, -0.1) is 0 Å². The molecule has 2 aliphatic rings. The minimum atomic E-state index is -2.51. The Bertz CT molecular complexity index is 748. The number of halogens is 2. The Labute approximate surface area is 119 Å². The second-order valence-electron chi connectivity index (χ2n) is 5.66. The number of pyridine rings is 1. The summed E-state index contributed by atoms with van der Waals surface area (Å²) in [6.07, 6.45) is 1.46. The maximum absolute atomic E-state index is 13.2. The molecule has 2 heterocycles. The zero-order valence-corrected chi connectivity index (χ0v) is 11.0. The molecular formula is C15H12F2N2O2. The van der Waals surface area contributed by atoms with Gasteiger partial charge in [0.15, 0.2) is 0 Å². The number of carboxylic acids is 1. The highest BCUT2D eigenvalue weighted by Crippen LogP contribution is 2.59. The van der Waals surface area contributed by atoms with Crippen molar-refractivity contribution in [3.05, 3.63) is 36.0 Å². The van der Waals surface area contributed by atoms with E-state index in [4.69, 9.17) is 0 Å². The van der Waals surface area contributed by atoms with Gasteiger partial charge < -0.3 is 10.0 Å². The highest BCUT2D eigenvalue weighted by molar-refractivity contribution is 6.03. The first kappa shape index (κ1) is 12.5. The molecule has 6 heteroatoms. The standard InChI is InChI=1S/C15H12F2N2O2/c16-15(17)11-6-19(7-12(11)15)8-1-2-13-10(5-8)9(14(20)21)3-4-18-13/h1-5,11-12H,6-7H2,(H,20,21). The summed E-state index contributed by atoms with van der Waals surface area (Å²) >= 11 is 0. The number of benzene rings is 1. The second kappa shape index (κ2) is 3.90. The van der Waals surface area contributed by atoms with E-state index in [0.717, 1.165) is 5.69 Å². The van der Waals surface area contributed by atoms with Crippen LogP contribution >= 0.6 is 0 Å². The molecule has 0 spiro atoms. The molecule has 0 bridgehead atoms. The van der Waals surface area contributed by atoms with Gasteiger partial charge in [0, 0.05) is 30.4 Å². The third-order valence-electron chi connectivity index (χ3n) is 4.52. The molecular weight excluding hydrogens is 278 g/mol. The van der Waals surface area contributed by atoms with Crippen molar-refractivity contribution in [3.63, 3.8) is 0 Å². The molecule has 2 fully saturated rings. The first-order valence-electron chi connectivity index (χ1n) is 6.73. The smallest absolute Gasteiger partial charge is 0.336 e. The normalized spacial score (nSPS) is 25.9. The minimum absolute atomic E-state index is 0.177. The monoisotopic (exact) mass is 290 g/mol. The predicted molar refractivity (Wildman–Crippen MR) is 72.8 cm³/mol. The topological polar surface area (TPSA) is 53.4 Å². The number of aromatic carboxylic acids is 1. The molecule has 21 heavy (non-hydrogen) atoms. The fraction of sp³-hybridized carbons (Fsp3) is 0.333. The number of hydrogen-bond donors (Lipinski definition) is 1. The molecule has 1 aliphatic heterocycles. The number of nitrogens with zero attached hydrogens (tertiary/aromatic N) is 2. The summed E-state index contributed by atoms with van der Waals surface area (Å²) in [6, 6.07) is 6.72. The average Bonchev–Trinajstić information content (AvgIpc) is 2.83. The van der Waals surface area contributed by atoms with Crippen LogP contribution < -0.4 is 4.90 Å². The molecule has 2 aromatic rings. The van der Waals surface area contributed by atoms with Crippen molar-refractivity contribution < 1.29 is 18.7 Å². The maximum Gasteiger partial charge on any atom is 0.336 e. The van der Waals surface area contributed by atoms with Crippen molar-refractivity contribution in [1.82, 2.24) is 4.98 Å². The minimum Gasteiger partial charge on any atom is -0.478 e. The molecule has 4 rings (SSSR count). The Morgan fingerprint density at radius 2 is 2.00 bits per heavy atom. The lowest BCUT2D eigenvalue weighted by molar-refractivity contribution is 0.0698. The molecule has 108 valence electrons. The van der Waals surface area contributed by atoms with Crippen LogP contribution in [0.1, 0.15) is 10.4 Å². The van der Waals surface area contributed by atoms with E-state index in [1.807, 2.05) is 11.0 Å². The molecule has 1 aromatic heterocycles. The molecule has 2 atom stereocenters. The van der Waals surface area contributed by atoms with E-state index < -0.39 is 23.7 Å². The fourth-order valence-corrected chi connectivity index (χ4v) is 3.24. The molecule has 0 radical (unpaired) electrons. The first-order chi connectivity index (χ1) is 9.98. The Morgan fingerprint density at radius 1 is 1.29 bits per heavy atom. The number of fused-ring (bicyclic) bond motifs is 2. The highest BCUT2D eigenvalue weighted by atomic mass is 19.3. The number of hydrogen-bond acceptors (Lipinski definition) is 3. The molecule has 1 aromatic carbocycles. The van der Waals surface area contributed by atoms with Gasteiger partial charge in [0.05, 0.1) is 22.9 Å². The van der Waals surface area contributed by atoms with Gasteiger partial charge >= 0.3 is 5.97 Å². The highest BCUT2D eigenvalue weighted by Gasteiger charge is 2.71. The van der Waals surface area contributed by atoms with Crippen molar-refractivity contribution in [2.45, 2.75) is 5.92 Å². The number of carbonyl (C=O) groups is 1. The van der Waals surface area contributed by atoms with Crippen molar-refractivity contribution in [2.75, 3.05) is 18.0 Å². The summed E-state index contributed by atoms with van der Waals surface area (Å²) in [7, 11) is 0. The summed E-state index contributed by atoms with van der Waals surface area (Å²) in [5.41, 5.74) is 1.55. The molecule has 1 saturated heterocycles. The summed E-state index contributed by atoms with van der Waals surface area (Å²) in [5, 5.41) is 9.75. The van der Waals surface area contributed by atoms with Gasteiger partial charge in [-0.3, -0.25) is 4.98 Å². The predicted octanol–water partition coefficient (Wildman–Crippen LogP) is 2.63. The number of aromatic nitrogens is 1. The van der Waals surface area contributed by atoms with Gasteiger partial charge in [0.2, 0.25) is 0 Å². The Kier molecular flexibility index (Phi) is 2.32. The number of anilines is 1. The Balaban J connectivity index is 1.72. The summed E-state index contributed by atoms with van der Waals surface area (Å²) < 4.78 is 26.5. The average molecular weight is 290 g/mol. The Hall–Kier alpha value is -2.24. The summed E-state index contributed by atoms with van der Waals surface area (Å²) in [5.74, 6) is -4.64. The first-order valence-corrected chi connectivity index (χ1v) is 6.73. The van der Waals surface area contributed by atoms with E-state index in [2.05, 4.69) is 4.98 Å². The lowest BCUT2D eigenvalue weighted by Crippen LogP contribution is -2.27. The number of carboxylic acid groups (broad SMARTS) is 1. The van der Waals surface area contributed by atoms with Crippen LogP contribution in [-0.2, 0) is 0 Å². The lowest BCUT2D eigenvalue weighted by atomic mass is 10.1. The molecule has 1 N–H and O–H groups in total. The van der Waals surface area contributed by atoms with Crippen molar-refractivity contribution >= 4 is 22.6 Å². The molecule has 4 nitrogen and oxygen atoms in total. The van der Waals surface area contributed by atoms with Crippen LogP contribution in [0.4, 0.5) is 14.5 Å². The van der Waals surface area contributed by atoms with Crippen LogP contribution in [-0.4, -0.2) is 35.1 Å². The lowest BCUT2D eigenvalue weighted by Gasteiger charge is -2.22. The van der Waals surface area contributed by atoms with E-state index in [-0.39, 0.29) is 5.56 Å². The van der Waals surface area contributed by atoms with Crippen LogP contribution in [0, 0.1) is 11.8 Å². The third kappa shape index (κ3) is 1.71. The quantitative estimate of drug-likeness (QED) is 0.923. The van der Waals surface area contributed by atoms with Gasteiger partial charge in [-0.2, -0.15) is 0 Å². The van der Waals surface area contributed by atoms with Crippen molar-refractivity contribution in [2.24, 2.45) is 11.8 Å². The second-order valence-corrected chi connectivity index (χ2v) is 5.66. The molecule has 1 saturated carbocycles. The van der Waals surface area contributed by atoms with Gasteiger partial charge in [0.25, 0.3) is 5.92 Å². The SMILES string of the molecule is O=C(O)c1ccnc2ccc(N3CC4C(C3)C4(F)F)cc12. The van der Waals surface area contributed by atoms with Gasteiger partial charge in [-0.05, 0) is 24.3 Å².